The van der Waals surface area contributed by atoms with Gasteiger partial charge in [0.05, 0.1) is 0 Å². The van der Waals surface area contributed by atoms with Crippen LogP contribution in [0.5, 0.6) is 0 Å². The van der Waals surface area contributed by atoms with E-state index in [4.69, 9.17) is 0 Å². The number of carbonyl (C=O) groups is 1. The number of allylic oxidation sites excluding steroid dienone is 1. The first-order valence-corrected chi connectivity index (χ1v) is 16.0. The second-order valence-corrected chi connectivity index (χ2v) is 19.4. The van der Waals surface area contributed by atoms with Gasteiger partial charge in [0.2, 0.25) is 0 Å². The molecular formula is C17H34O2Sn. The van der Waals surface area contributed by atoms with Gasteiger partial charge < -0.3 is 0 Å². The van der Waals surface area contributed by atoms with Gasteiger partial charge in [0, 0.05) is 0 Å². The fraction of sp³-hybridized carbons (Fsp3) is 0.824. The van der Waals surface area contributed by atoms with Crippen molar-refractivity contribution in [3.8, 4) is 0 Å². The molecule has 0 fully saturated rings. The third kappa shape index (κ3) is 7.14. The van der Waals surface area contributed by atoms with E-state index in [-0.39, 0.29) is 0 Å². The Morgan fingerprint density at radius 1 is 0.900 bits per heavy atom. The second kappa shape index (κ2) is 11.6. The van der Waals surface area contributed by atoms with Crippen molar-refractivity contribution in [2.75, 3.05) is 0 Å². The molecule has 2 nitrogen and oxygen atoms in total. The average Bonchev–Trinajstić information content (AvgIpc) is 2.44. The van der Waals surface area contributed by atoms with Crippen LogP contribution in [0.25, 0.3) is 0 Å². The van der Waals surface area contributed by atoms with Crippen LogP contribution in [0, 0.1) is 0 Å². The van der Waals surface area contributed by atoms with E-state index < -0.39 is 24.3 Å². The predicted octanol–water partition coefficient (Wildman–Crippen LogP) is 5.80. The van der Waals surface area contributed by atoms with E-state index in [1.54, 1.807) is 6.08 Å². The fourth-order valence-electron chi connectivity index (χ4n) is 3.18. The summed E-state index contributed by atoms with van der Waals surface area (Å²) >= 11 is -2.44. The van der Waals surface area contributed by atoms with Crippen molar-refractivity contribution in [3.63, 3.8) is 0 Å². The van der Waals surface area contributed by atoms with Crippen LogP contribution in [0.4, 0.5) is 0 Å². The first-order chi connectivity index (χ1) is 9.56. The minimum atomic E-state index is -2.44. The molecule has 1 N–H and O–H groups in total. The van der Waals surface area contributed by atoms with Crippen LogP contribution in [-0.2, 0) is 4.79 Å². The monoisotopic (exact) mass is 390 g/mol. The number of carboxylic acid groups (broad SMARTS) is 1. The number of unbranched alkanes of at least 4 members (excludes halogenated alkanes) is 3. The molecule has 0 aliphatic heterocycles. The summed E-state index contributed by atoms with van der Waals surface area (Å²) in [7, 11) is 0. The zero-order valence-electron chi connectivity index (χ0n) is 14.0. The van der Waals surface area contributed by atoms with Gasteiger partial charge in [-0.2, -0.15) is 0 Å². The number of aliphatic carboxylic acids is 1. The molecular weight excluding hydrogens is 355 g/mol. The van der Waals surface area contributed by atoms with E-state index in [1.165, 1.54) is 55.4 Å². The zero-order valence-corrected chi connectivity index (χ0v) is 16.9. The summed E-state index contributed by atoms with van der Waals surface area (Å²) in [4.78, 5) is 11.2. The Morgan fingerprint density at radius 3 is 1.55 bits per heavy atom. The van der Waals surface area contributed by atoms with Gasteiger partial charge in [-0.3, -0.25) is 0 Å². The molecule has 0 aromatic rings. The summed E-state index contributed by atoms with van der Waals surface area (Å²) in [6.07, 6.45) is 10.1. The SMILES string of the molecule is CCC[CH2][Sn]([CH2]CCC)([CH2]CCC)/[C](=C/C(=O)O)CC. The Bertz CT molecular complexity index is 276. The normalized spacial score (nSPS) is 12.7. The van der Waals surface area contributed by atoms with Gasteiger partial charge in [-0.05, 0) is 0 Å². The zero-order chi connectivity index (χ0) is 15.4. The van der Waals surface area contributed by atoms with Gasteiger partial charge in [-0.15, -0.1) is 0 Å². The van der Waals surface area contributed by atoms with Crippen molar-refractivity contribution < 1.29 is 9.90 Å². The van der Waals surface area contributed by atoms with Gasteiger partial charge in [0.15, 0.2) is 0 Å². The molecule has 0 aromatic heterocycles. The predicted molar refractivity (Wildman–Crippen MR) is 90.9 cm³/mol. The van der Waals surface area contributed by atoms with E-state index in [0.717, 1.165) is 6.42 Å². The summed E-state index contributed by atoms with van der Waals surface area (Å²) in [6, 6.07) is 0. The van der Waals surface area contributed by atoms with E-state index >= 15 is 0 Å². The topological polar surface area (TPSA) is 37.3 Å². The Labute approximate surface area is 129 Å². The molecule has 0 amide bonds. The van der Waals surface area contributed by atoms with E-state index in [9.17, 15) is 9.90 Å². The van der Waals surface area contributed by atoms with Crippen LogP contribution in [0.3, 0.4) is 0 Å². The van der Waals surface area contributed by atoms with Crippen LogP contribution < -0.4 is 0 Å². The molecule has 0 saturated carbocycles. The van der Waals surface area contributed by atoms with Crippen LogP contribution in [0.1, 0.15) is 72.6 Å². The Kier molecular flexibility index (Phi) is 11.6. The van der Waals surface area contributed by atoms with Crippen molar-refractivity contribution in [2.24, 2.45) is 0 Å². The van der Waals surface area contributed by atoms with Crippen molar-refractivity contribution in [1.29, 1.82) is 0 Å². The van der Waals surface area contributed by atoms with Crippen LogP contribution in [-0.4, -0.2) is 29.5 Å². The number of rotatable bonds is 12. The maximum absolute atomic E-state index is 11.2. The molecule has 0 radical (unpaired) electrons. The van der Waals surface area contributed by atoms with Crippen molar-refractivity contribution in [3.05, 3.63) is 9.67 Å². The van der Waals surface area contributed by atoms with Crippen molar-refractivity contribution >= 4 is 24.3 Å². The Balaban J connectivity index is 5.33. The molecule has 0 bridgehead atoms. The van der Waals surface area contributed by atoms with Crippen molar-refractivity contribution in [1.82, 2.24) is 0 Å². The second-order valence-electron chi connectivity index (χ2n) is 5.95. The molecule has 0 atom stereocenters. The molecule has 0 aliphatic carbocycles. The summed E-state index contributed by atoms with van der Waals surface area (Å²) in [5.74, 6) is -0.729. The molecule has 0 rings (SSSR count). The molecule has 0 aliphatic rings. The Morgan fingerprint density at radius 2 is 1.30 bits per heavy atom. The third-order valence-electron chi connectivity index (χ3n) is 4.39. The van der Waals surface area contributed by atoms with Gasteiger partial charge in [0.1, 0.15) is 0 Å². The number of carboxylic acids is 1. The summed E-state index contributed by atoms with van der Waals surface area (Å²) in [5.41, 5.74) is 0. The van der Waals surface area contributed by atoms with Crippen molar-refractivity contribution in [2.45, 2.75) is 86.0 Å². The van der Waals surface area contributed by atoms with Gasteiger partial charge in [-0.1, -0.05) is 0 Å². The molecule has 0 spiro atoms. The van der Waals surface area contributed by atoms with Gasteiger partial charge in [0.25, 0.3) is 0 Å². The van der Waals surface area contributed by atoms with E-state index in [0.29, 0.717) is 0 Å². The fourth-order valence-corrected chi connectivity index (χ4v) is 20.3. The van der Waals surface area contributed by atoms with Crippen LogP contribution in [0.15, 0.2) is 9.67 Å². The first-order valence-electron chi connectivity index (χ1n) is 8.50. The van der Waals surface area contributed by atoms with E-state index in [2.05, 4.69) is 27.7 Å². The van der Waals surface area contributed by atoms with Gasteiger partial charge in [-0.25, -0.2) is 0 Å². The third-order valence-corrected chi connectivity index (χ3v) is 20.9. The van der Waals surface area contributed by atoms with Crippen LogP contribution >= 0.6 is 0 Å². The quantitative estimate of drug-likeness (QED) is 0.339. The average molecular weight is 389 g/mol. The summed E-state index contributed by atoms with van der Waals surface area (Å²) in [5, 5.41) is 9.21. The maximum atomic E-state index is 11.2. The van der Waals surface area contributed by atoms with E-state index in [1.807, 2.05) is 0 Å². The van der Waals surface area contributed by atoms with Crippen LogP contribution in [0.2, 0.25) is 13.3 Å². The summed E-state index contributed by atoms with van der Waals surface area (Å²) < 4.78 is 5.45. The molecule has 0 saturated heterocycles. The standard InChI is InChI=1S/C5H7O2.3C4H9.Sn/c1-2-3-4-5(6)7;3*1-3-4-2;/h4H,2H2,1H3,(H,6,7);3*1,3-4H2,2H3;. The number of hydrogen-bond donors (Lipinski definition) is 1. The molecule has 3 heteroatoms. The molecule has 0 heterocycles. The first kappa shape index (κ1) is 20.0. The molecule has 20 heavy (non-hydrogen) atoms. The van der Waals surface area contributed by atoms with Gasteiger partial charge >= 0.3 is 130 Å². The Hall–Kier alpha value is 0.00870. The molecule has 0 aromatic carbocycles. The molecule has 0 unspecified atom stereocenters. The molecule has 118 valence electrons. The number of hydrogen-bond acceptors (Lipinski definition) is 1. The summed E-state index contributed by atoms with van der Waals surface area (Å²) in [6.45, 7) is 8.92. The minimum absolute atomic E-state index is 0.729.